The molecule has 0 fully saturated rings. The highest BCUT2D eigenvalue weighted by Crippen LogP contribution is 2.46. The highest BCUT2D eigenvalue weighted by atomic mass is 35.5. The fraction of sp³-hybridized carbons (Fsp3) is 0.278. The molecule has 2 aliphatic rings. The molecule has 29 heavy (non-hydrogen) atoms. The van der Waals surface area contributed by atoms with Crippen molar-refractivity contribution in [3.05, 3.63) is 46.5 Å². The average molecular weight is 463 g/mol. The molecule has 2 aliphatic heterocycles. The summed E-state index contributed by atoms with van der Waals surface area (Å²) in [6, 6.07) is 5.80. The van der Waals surface area contributed by atoms with Crippen LogP contribution in [0.5, 0.6) is 0 Å². The van der Waals surface area contributed by atoms with Crippen LogP contribution in [0.2, 0.25) is 5.02 Å². The highest BCUT2D eigenvalue weighted by molar-refractivity contribution is 8.00. The molecule has 0 spiro atoms. The van der Waals surface area contributed by atoms with E-state index in [-0.39, 0.29) is 28.2 Å². The maximum atomic E-state index is 13.1. The zero-order valence-electron chi connectivity index (χ0n) is 14.9. The lowest BCUT2D eigenvalue weighted by Crippen LogP contribution is -2.35. The molecule has 2 aromatic rings. The van der Waals surface area contributed by atoms with E-state index in [9.17, 15) is 26.4 Å². The number of hydrogen-bond donors (Lipinski definition) is 1. The second-order valence-corrected chi connectivity index (χ2v) is 10.3. The summed E-state index contributed by atoms with van der Waals surface area (Å²) in [6.07, 6.45) is -4.79. The molecule has 0 saturated carbocycles. The van der Waals surface area contributed by atoms with Crippen molar-refractivity contribution >= 4 is 50.7 Å². The second-order valence-electron chi connectivity index (χ2n) is 6.80. The maximum Gasteiger partial charge on any atom is 0.417 e. The van der Waals surface area contributed by atoms with Crippen LogP contribution in [0.3, 0.4) is 0 Å². The van der Waals surface area contributed by atoms with E-state index in [1.165, 1.54) is 6.07 Å². The minimum atomic E-state index is -4.72. The number of nitrogens with one attached hydrogen (secondary N) is 1. The number of carbonyl (C=O) groups excluding carboxylic acids is 1. The van der Waals surface area contributed by atoms with Gasteiger partial charge in [0.25, 0.3) is 10.0 Å². The third-order valence-electron chi connectivity index (χ3n) is 4.68. The Kier molecular flexibility index (Phi) is 4.79. The zero-order chi connectivity index (χ0) is 21.1. The Labute approximate surface area is 174 Å². The number of carbonyl (C=O) groups is 1. The molecular weight excluding hydrogens is 449 g/mol. The van der Waals surface area contributed by atoms with Gasteiger partial charge in [-0.1, -0.05) is 18.5 Å². The van der Waals surface area contributed by atoms with Gasteiger partial charge in [0.15, 0.2) is 0 Å². The summed E-state index contributed by atoms with van der Waals surface area (Å²) in [4.78, 5) is 14.7. The van der Waals surface area contributed by atoms with Gasteiger partial charge in [-0.25, -0.2) is 8.42 Å². The number of amides is 1. The first kappa shape index (κ1) is 20.4. The van der Waals surface area contributed by atoms with Crippen LogP contribution in [0.25, 0.3) is 0 Å². The molecule has 0 aliphatic carbocycles. The monoisotopic (exact) mass is 462 g/mol. The van der Waals surface area contributed by atoms with Gasteiger partial charge in [0.2, 0.25) is 5.91 Å². The Morgan fingerprint density at radius 1 is 1.24 bits per heavy atom. The fourth-order valence-corrected chi connectivity index (χ4v) is 6.16. The zero-order valence-corrected chi connectivity index (χ0v) is 17.3. The number of halogens is 4. The van der Waals surface area contributed by atoms with Crippen LogP contribution >= 0.6 is 23.4 Å². The van der Waals surface area contributed by atoms with Gasteiger partial charge in [0.05, 0.1) is 27.6 Å². The Hall–Kier alpha value is -1.91. The largest absolute Gasteiger partial charge is 0.417 e. The minimum absolute atomic E-state index is 0.0683. The molecule has 1 N–H and O–H groups in total. The quantitative estimate of drug-likeness (QED) is 0.727. The molecular formula is C18H14ClF3N2O3S2. The van der Waals surface area contributed by atoms with Crippen molar-refractivity contribution in [1.29, 1.82) is 0 Å². The number of sulfonamides is 1. The van der Waals surface area contributed by atoms with E-state index in [0.717, 1.165) is 17.0 Å². The van der Waals surface area contributed by atoms with Gasteiger partial charge in [-0.3, -0.25) is 9.52 Å². The van der Waals surface area contributed by atoms with Crippen molar-refractivity contribution in [2.45, 2.75) is 34.6 Å². The predicted molar refractivity (Wildman–Crippen MR) is 105 cm³/mol. The molecule has 0 bridgehead atoms. The van der Waals surface area contributed by atoms with Crippen molar-refractivity contribution in [3.8, 4) is 0 Å². The summed E-state index contributed by atoms with van der Waals surface area (Å²) in [7, 11) is -4.22. The molecule has 11 heteroatoms. The van der Waals surface area contributed by atoms with Gasteiger partial charge in [-0.2, -0.15) is 13.2 Å². The van der Waals surface area contributed by atoms with Gasteiger partial charge < -0.3 is 4.90 Å². The van der Waals surface area contributed by atoms with E-state index in [4.69, 9.17) is 11.6 Å². The van der Waals surface area contributed by atoms with Crippen LogP contribution in [0.1, 0.15) is 18.1 Å². The molecule has 0 radical (unpaired) electrons. The van der Waals surface area contributed by atoms with Gasteiger partial charge in [-0.05, 0) is 30.3 Å². The third kappa shape index (κ3) is 3.57. The van der Waals surface area contributed by atoms with Crippen LogP contribution in [0.4, 0.5) is 24.5 Å². The van der Waals surface area contributed by atoms with E-state index in [1.807, 2.05) is 6.92 Å². The topological polar surface area (TPSA) is 66.5 Å². The van der Waals surface area contributed by atoms with Crippen LogP contribution in [-0.2, 0) is 27.4 Å². The van der Waals surface area contributed by atoms with Gasteiger partial charge in [0, 0.05) is 27.9 Å². The van der Waals surface area contributed by atoms with E-state index < -0.39 is 26.8 Å². The summed E-state index contributed by atoms with van der Waals surface area (Å²) >= 11 is 7.14. The SMILES string of the molecule is C[C@H]1CN2C(=O)Cc3c(S(=O)(=O)Nc4ccc(Cl)c(C(F)(F)F)c4)ccc(c32)S1. The van der Waals surface area contributed by atoms with Crippen molar-refractivity contribution < 1.29 is 26.4 Å². The van der Waals surface area contributed by atoms with Gasteiger partial charge >= 0.3 is 6.18 Å². The Morgan fingerprint density at radius 2 is 1.97 bits per heavy atom. The first-order chi connectivity index (χ1) is 13.5. The number of benzene rings is 2. The van der Waals surface area contributed by atoms with Crippen LogP contribution in [0.15, 0.2) is 40.1 Å². The van der Waals surface area contributed by atoms with Crippen LogP contribution in [0, 0.1) is 0 Å². The summed E-state index contributed by atoms with van der Waals surface area (Å²) in [5, 5.41) is -0.354. The Balaban J connectivity index is 1.75. The summed E-state index contributed by atoms with van der Waals surface area (Å²) in [6.45, 7) is 2.45. The summed E-state index contributed by atoms with van der Waals surface area (Å²) < 4.78 is 67.3. The predicted octanol–water partition coefficient (Wildman–Crippen LogP) is 4.54. The van der Waals surface area contributed by atoms with E-state index in [0.29, 0.717) is 23.9 Å². The molecule has 2 heterocycles. The third-order valence-corrected chi connectivity index (χ3v) is 7.61. The van der Waals surface area contributed by atoms with Crippen molar-refractivity contribution in [1.82, 2.24) is 0 Å². The molecule has 1 atom stereocenters. The molecule has 0 unspecified atom stereocenters. The molecule has 5 nitrogen and oxygen atoms in total. The lowest BCUT2D eigenvalue weighted by molar-refractivity contribution is -0.137. The van der Waals surface area contributed by atoms with Crippen molar-refractivity contribution in [2.24, 2.45) is 0 Å². The first-order valence-electron chi connectivity index (χ1n) is 8.50. The van der Waals surface area contributed by atoms with Gasteiger partial charge in [0.1, 0.15) is 0 Å². The fourth-order valence-electron chi connectivity index (χ4n) is 3.50. The maximum absolute atomic E-state index is 13.1. The van der Waals surface area contributed by atoms with E-state index in [2.05, 4.69) is 4.72 Å². The second kappa shape index (κ2) is 6.82. The van der Waals surface area contributed by atoms with E-state index >= 15 is 0 Å². The van der Waals surface area contributed by atoms with Crippen LogP contribution in [-0.4, -0.2) is 26.1 Å². The highest BCUT2D eigenvalue weighted by Gasteiger charge is 2.39. The Morgan fingerprint density at radius 3 is 2.66 bits per heavy atom. The van der Waals surface area contributed by atoms with Crippen molar-refractivity contribution in [3.63, 3.8) is 0 Å². The average Bonchev–Trinajstić information content (AvgIpc) is 2.93. The molecule has 4 rings (SSSR count). The molecule has 1 amide bonds. The lowest BCUT2D eigenvalue weighted by atomic mass is 10.1. The Bertz CT molecular complexity index is 1140. The minimum Gasteiger partial charge on any atom is -0.310 e. The number of rotatable bonds is 3. The number of thioether (sulfide) groups is 1. The molecule has 2 aromatic carbocycles. The van der Waals surface area contributed by atoms with Gasteiger partial charge in [-0.15, -0.1) is 11.8 Å². The normalized spacial score (nSPS) is 18.7. The first-order valence-corrected chi connectivity index (χ1v) is 11.2. The number of nitrogens with zero attached hydrogens (tertiary/aromatic N) is 1. The van der Waals surface area contributed by atoms with E-state index in [1.54, 1.807) is 22.7 Å². The summed E-state index contributed by atoms with van der Waals surface area (Å²) in [5.74, 6) is -0.193. The smallest absolute Gasteiger partial charge is 0.310 e. The lowest BCUT2D eigenvalue weighted by Gasteiger charge is -2.29. The van der Waals surface area contributed by atoms with Crippen LogP contribution < -0.4 is 9.62 Å². The summed E-state index contributed by atoms with van der Waals surface area (Å²) in [5.41, 5.74) is -0.464. The number of hydrogen-bond acceptors (Lipinski definition) is 4. The standard InChI is InChI=1S/C18H14ClF3N2O3S2/c1-9-8-24-16(25)7-11-15(5-4-14(28-9)17(11)24)29(26,27)23-10-2-3-13(19)12(6-10)18(20,21)22/h2-6,9,23H,7-8H2,1H3/t9-/m0/s1. The molecule has 154 valence electrons. The number of alkyl halides is 3. The van der Waals surface area contributed by atoms with Crippen molar-refractivity contribution in [2.75, 3.05) is 16.2 Å². The molecule has 0 saturated heterocycles. The number of anilines is 2. The molecule has 0 aromatic heterocycles.